The van der Waals surface area contributed by atoms with Crippen molar-refractivity contribution in [3.8, 4) is 0 Å². The van der Waals surface area contributed by atoms with Crippen LogP contribution in [0.2, 0.25) is 0 Å². The third-order valence-corrected chi connectivity index (χ3v) is 5.37. The van der Waals surface area contributed by atoms with E-state index in [4.69, 9.17) is 4.74 Å². The van der Waals surface area contributed by atoms with Crippen molar-refractivity contribution in [3.05, 3.63) is 16.1 Å². The molecule has 0 radical (unpaired) electrons. The van der Waals surface area contributed by atoms with Gasteiger partial charge in [-0.05, 0) is 25.8 Å². The van der Waals surface area contributed by atoms with E-state index in [0.717, 1.165) is 25.7 Å². The van der Waals surface area contributed by atoms with Crippen molar-refractivity contribution in [2.75, 3.05) is 14.2 Å². The van der Waals surface area contributed by atoms with E-state index in [9.17, 15) is 13.2 Å². The summed E-state index contributed by atoms with van der Waals surface area (Å²) in [6.07, 6.45) is 0.791. The lowest BCUT2D eigenvalue weighted by atomic mass is 9.74. The Hall–Kier alpha value is -0.660. The number of nitrogens with zero attached hydrogens (tertiary/aromatic N) is 1. The lowest BCUT2D eigenvalue weighted by Gasteiger charge is -2.44. The van der Waals surface area contributed by atoms with Gasteiger partial charge in [0, 0.05) is 18.2 Å². The van der Waals surface area contributed by atoms with Crippen LogP contribution >= 0.6 is 11.3 Å². The number of aromatic nitrogens is 1. The number of hydrogen-bond acceptors (Lipinski definition) is 4. The Bertz CT molecular complexity index is 477. The first-order chi connectivity index (χ1) is 9.82. The van der Waals surface area contributed by atoms with Crippen molar-refractivity contribution >= 4 is 11.3 Å². The van der Waals surface area contributed by atoms with Crippen LogP contribution in [0.4, 0.5) is 13.2 Å². The van der Waals surface area contributed by atoms with Gasteiger partial charge >= 0.3 is 6.18 Å². The highest BCUT2D eigenvalue weighted by Gasteiger charge is 2.44. The molecule has 120 valence electrons. The molecule has 3 atom stereocenters. The van der Waals surface area contributed by atoms with Gasteiger partial charge in [-0.3, -0.25) is 0 Å². The maximum atomic E-state index is 12.7. The molecule has 0 saturated heterocycles. The van der Waals surface area contributed by atoms with Crippen molar-refractivity contribution in [1.82, 2.24) is 10.3 Å². The van der Waals surface area contributed by atoms with Crippen molar-refractivity contribution in [2.24, 2.45) is 5.92 Å². The van der Waals surface area contributed by atoms with E-state index >= 15 is 0 Å². The Morgan fingerprint density at radius 2 is 2.24 bits per heavy atom. The summed E-state index contributed by atoms with van der Waals surface area (Å²) in [5.41, 5.74) is -0.457. The van der Waals surface area contributed by atoms with Gasteiger partial charge in [0.1, 0.15) is 0 Å². The summed E-state index contributed by atoms with van der Waals surface area (Å²) in [4.78, 5) is 4.12. The monoisotopic (exact) mass is 322 g/mol. The van der Waals surface area contributed by atoms with Gasteiger partial charge < -0.3 is 10.1 Å². The largest absolute Gasteiger partial charge is 0.443 e. The zero-order chi connectivity index (χ0) is 15.7. The summed E-state index contributed by atoms with van der Waals surface area (Å²) in [6, 6.07) is -0.265. The number of halogens is 3. The van der Waals surface area contributed by atoms with Crippen LogP contribution in [0.5, 0.6) is 0 Å². The lowest BCUT2D eigenvalue weighted by Crippen LogP contribution is -2.47. The maximum Gasteiger partial charge on any atom is 0.443 e. The zero-order valence-electron chi connectivity index (χ0n) is 12.5. The van der Waals surface area contributed by atoms with E-state index in [1.807, 2.05) is 0 Å². The summed E-state index contributed by atoms with van der Waals surface area (Å²) < 4.78 is 44.0. The molecule has 1 saturated carbocycles. The average Bonchev–Trinajstić information content (AvgIpc) is 2.89. The van der Waals surface area contributed by atoms with Gasteiger partial charge in [0.15, 0.2) is 5.01 Å². The molecule has 7 heteroatoms. The second-order valence-electron chi connectivity index (χ2n) is 5.76. The Kier molecular flexibility index (Phi) is 4.95. The minimum atomic E-state index is -4.39. The molecule has 0 spiro atoms. The second-order valence-corrected chi connectivity index (χ2v) is 6.82. The molecule has 0 amide bonds. The van der Waals surface area contributed by atoms with Gasteiger partial charge in [0.25, 0.3) is 0 Å². The molecule has 1 aromatic rings. The molecule has 1 aliphatic rings. The van der Waals surface area contributed by atoms with E-state index in [-0.39, 0.29) is 6.04 Å². The second kappa shape index (κ2) is 6.22. The van der Waals surface area contributed by atoms with Crippen LogP contribution in [0.1, 0.15) is 48.5 Å². The molecule has 0 aromatic carbocycles. The SMILES string of the molecule is CNC(c1cnc(C(F)(F)F)s1)C1(OC)CCCC(C)C1. The number of likely N-dealkylation sites (N-methyl/N-ethyl adjacent to an activating group) is 1. The fraction of sp³-hybridized carbons (Fsp3) is 0.786. The molecule has 21 heavy (non-hydrogen) atoms. The number of hydrogen-bond donors (Lipinski definition) is 1. The third kappa shape index (κ3) is 3.40. The fourth-order valence-corrected chi connectivity index (χ4v) is 4.33. The molecular weight excluding hydrogens is 301 g/mol. The quantitative estimate of drug-likeness (QED) is 0.909. The Morgan fingerprint density at radius 1 is 1.52 bits per heavy atom. The lowest BCUT2D eigenvalue weighted by molar-refractivity contribution is -0.137. The number of nitrogens with one attached hydrogen (secondary N) is 1. The highest BCUT2D eigenvalue weighted by atomic mass is 32.1. The van der Waals surface area contributed by atoms with Crippen LogP contribution in [0.25, 0.3) is 0 Å². The molecule has 1 fully saturated rings. The molecule has 1 heterocycles. The predicted octanol–water partition coefficient (Wildman–Crippen LogP) is 4.02. The van der Waals surface area contributed by atoms with E-state index in [0.29, 0.717) is 22.1 Å². The standard InChI is InChI=1S/C14H21F3N2OS/c1-9-5-4-6-13(7-9,20-3)11(18-2)10-8-19-12(21-10)14(15,16)17/h8-9,11,18H,4-7H2,1-3H3. The fourth-order valence-electron chi connectivity index (χ4n) is 3.32. The summed E-state index contributed by atoms with van der Waals surface area (Å²) >= 11 is 0.703. The van der Waals surface area contributed by atoms with Gasteiger partial charge in [-0.15, -0.1) is 11.3 Å². The highest BCUT2D eigenvalue weighted by molar-refractivity contribution is 7.11. The molecule has 1 N–H and O–H groups in total. The number of ether oxygens (including phenoxy) is 1. The molecule has 1 aromatic heterocycles. The minimum Gasteiger partial charge on any atom is -0.376 e. The van der Waals surface area contributed by atoms with Gasteiger partial charge in [0.2, 0.25) is 0 Å². The molecule has 0 aliphatic heterocycles. The van der Waals surface area contributed by atoms with Crippen molar-refractivity contribution in [3.63, 3.8) is 0 Å². The highest BCUT2D eigenvalue weighted by Crippen LogP contribution is 2.45. The van der Waals surface area contributed by atoms with E-state index < -0.39 is 16.8 Å². The Labute approximate surface area is 126 Å². The summed E-state index contributed by atoms with van der Waals surface area (Å²) in [5, 5.41) is 2.34. The van der Waals surface area contributed by atoms with Crippen molar-refractivity contribution < 1.29 is 17.9 Å². The third-order valence-electron chi connectivity index (χ3n) is 4.26. The van der Waals surface area contributed by atoms with Crippen LogP contribution < -0.4 is 5.32 Å². The topological polar surface area (TPSA) is 34.2 Å². The average molecular weight is 322 g/mol. The van der Waals surface area contributed by atoms with Crippen LogP contribution in [0, 0.1) is 5.92 Å². The van der Waals surface area contributed by atoms with Gasteiger partial charge in [-0.2, -0.15) is 13.2 Å². The molecule has 3 nitrogen and oxygen atoms in total. The van der Waals surface area contributed by atoms with E-state index in [1.54, 1.807) is 14.2 Å². The van der Waals surface area contributed by atoms with Crippen molar-refractivity contribution in [1.29, 1.82) is 0 Å². The number of alkyl halides is 3. The van der Waals surface area contributed by atoms with Crippen LogP contribution in [0.15, 0.2) is 6.20 Å². The summed E-state index contributed by atoms with van der Waals surface area (Å²) in [7, 11) is 3.41. The molecule has 2 rings (SSSR count). The Morgan fingerprint density at radius 3 is 2.71 bits per heavy atom. The molecule has 0 bridgehead atoms. The first kappa shape index (κ1) is 16.7. The number of rotatable bonds is 4. The van der Waals surface area contributed by atoms with E-state index in [1.165, 1.54) is 6.20 Å². The first-order valence-corrected chi connectivity index (χ1v) is 7.89. The normalized spacial score (nSPS) is 28.6. The first-order valence-electron chi connectivity index (χ1n) is 7.08. The van der Waals surface area contributed by atoms with Gasteiger partial charge in [-0.25, -0.2) is 4.98 Å². The predicted molar refractivity (Wildman–Crippen MR) is 76.3 cm³/mol. The van der Waals surface area contributed by atoms with Gasteiger partial charge in [-0.1, -0.05) is 19.8 Å². The van der Waals surface area contributed by atoms with Crippen LogP contribution in [-0.2, 0) is 10.9 Å². The summed E-state index contributed by atoms with van der Waals surface area (Å²) in [5.74, 6) is 0.504. The smallest absolute Gasteiger partial charge is 0.376 e. The van der Waals surface area contributed by atoms with Crippen molar-refractivity contribution in [2.45, 2.75) is 50.4 Å². The van der Waals surface area contributed by atoms with Crippen LogP contribution in [0.3, 0.4) is 0 Å². The Balaban J connectivity index is 2.31. The van der Waals surface area contributed by atoms with Gasteiger partial charge in [0.05, 0.1) is 11.6 Å². The molecule has 1 aliphatic carbocycles. The van der Waals surface area contributed by atoms with E-state index in [2.05, 4.69) is 17.2 Å². The number of methoxy groups -OCH3 is 1. The molecular formula is C14H21F3N2OS. The van der Waals surface area contributed by atoms with Crippen LogP contribution in [-0.4, -0.2) is 24.7 Å². The maximum absolute atomic E-state index is 12.7. The zero-order valence-corrected chi connectivity index (χ0v) is 13.3. The molecule has 3 unspecified atom stereocenters. The summed E-state index contributed by atoms with van der Waals surface area (Å²) in [6.45, 7) is 2.16. The number of thiazole rings is 1. The minimum absolute atomic E-state index is 0.265.